The van der Waals surface area contributed by atoms with Gasteiger partial charge < -0.3 is 20.8 Å². The molecule has 0 saturated heterocycles. The lowest BCUT2D eigenvalue weighted by Gasteiger charge is -2.04. The summed E-state index contributed by atoms with van der Waals surface area (Å²) in [5.41, 5.74) is 6.84. The van der Waals surface area contributed by atoms with E-state index in [9.17, 15) is 4.79 Å². The van der Waals surface area contributed by atoms with E-state index in [4.69, 9.17) is 10.9 Å². The van der Waals surface area contributed by atoms with Crippen LogP contribution < -0.4 is 11.1 Å². The molecule has 4 N–H and O–H groups in total. The second kappa shape index (κ2) is 6.32. The fraction of sp³-hybridized carbons (Fsp3) is 0.167. The van der Waals surface area contributed by atoms with Crippen molar-refractivity contribution in [1.82, 2.24) is 15.5 Å². The number of amides is 1. The summed E-state index contributed by atoms with van der Waals surface area (Å²) in [6.45, 7) is 0.220. The average molecular weight is 275 g/mol. The molecule has 104 valence electrons. The monoisotopic (exact) mass is 275 g/mol. The maximum Gasteiger partial charge on any atom is 0.224 e. The van der Waals surface area contributed by atoms with Crippen LogP contribution in [0.25, 0.3) is 0 Å². The van der Waals surface area contributed by atoms with E-state index in [0.717, 1.165) is 5.56 Å². The molecule has 8 heteroatoms. The Bertz CT molecular complexity index is 592. The maximum absolute atomic E-state index is 11.7. The molecule has 0 fully saturated rings. The fourth-order valence-corrected chi connectivity index (χ4v) is 1.55. The predicted molar refractivity (Wildman–Crippen MR) is 68.8 cm³/mol. The van der Waals surface area contributed by atoms with Crippen molar-refractivity contribution in [1.29, 1.82) is 0 Å². The molecule has 0 bridgehead atoms. The van der Waals surface area contributed by atoms with Gasteiger partial charge in [-0.05, 0) is 5.56 Å². The molecule has 0 atom stereocenters. The van der Waals surface area contributed by atoms with Crippen molar-refractivity contribution in [3.63, 3.8) is 0 Å². The van der Waals surface area contributed by atoms with E-state index in [2.05, 4.69) is 25.1 Å². The van der Waals surface area contributed by atoms with Gasteiger partial charge in [0.15, 0.2) is 11.7 Å². The van der Waals surface area contributed by atoms with Gasteiger partial charge in [-0.2, -0.15) is 4.98 Å². The number of benzene rings is 1. The highest BCUT2D eigenvalue weighted by Crippen LogP contribution is 2.05. The van der Waals surface area contributed by atoms with Crippen LogP contribution in [-0.4, -0.2) is 27.1 Å². The highest BCUT2D eigenvalue weighted by molar-refractivity contribution is 5.97. The Balaban J connectivity index is 1.88. The van der Waals surface area contributed by atoms with Gasteiger partial charge in [-0.1, -0.05) is 34.6 Å². The van der Waals surface area contributed by atoms with Crippen LogP contribution in [0.2, 0.25) is 0 Å². The first kappa shape index (κ1) is 13.5. The molecule has 0 aliphatic heterocycles. The van der Waals surface area contributed by atoms with E-state index in [0.29, 0.717) is 11.4 Å². The Morgan fingerprint density at radius 2 is 2.15 bits per heavy atom. The van der Waals surface area contributed by atoms with Crippen LogP contribution in [0.1, 0.15) is 17.0 Å². The Morgan fingerprint density at radius 1 is 1.40 bits per heavy atom. The molecule has 0 radical (unpaired) electrons. The maximum atomic E-state index is 11.7. The number of carbonyl (C=O) groups excluding carboxylic acids is 1. The van der Waals surface area contributed by atoms with Gasteiger partial charge in [0.2, 0.25) is 12.3 Å². The lowest BCUT2D eigenvalue weighted by molar-refractivity contribution is -0.120. The van der Waals surface area contributed by atoms with Gasteiger partial charge >= 0.3 is 0 Å². The van der Waals surface area contributed by atoms with Gasteiger partial charge in [0.25, 0.3) is 0 Å². The standard InChI is InChI=1S/C12H13N5O3/c13-12(16-19)9-3-1-8(2-4-9)5-11(18)14-6-10-15-7-20-17-10/h1-4,7,19H,5-6H2,(H2,13,16)(H,14,18). The lowest BCUT2D eigenvalue weighted by atomic mass is 10.1. The van der Waals surface area contributed by atoms with Crippen LogP contribution in [0.4, 0.5) is 0 Å². The molecule has 2 rings (SSSR count). The van der Waals surface area contributed by atoms with Crippen LogP contribution in [0.15, 0.2) is 40.3 Å². The Morgan fingerprint density at radius 3 is 2.75 bits per heavy atom. The zero-order chi connectivity index (χ0) is 14.4. The second-order valence-corrected chi connectivity index (χ2v) is 3.98. The summed E-state index contributed by atoms with van der Waals surface area (Å²) in [6, 6.07) is 6.83. The number of carbonyl (C=O) groups is 1. The average Bonchev–Trinajstić information content (AvgIpc) is 2.98. The van der Waals surface area contributed by atoms with Crippen LogP contribution in [-0.2, 0) is 17.8 Å². The number of hydrogen-bond acceptors (Lipinski definition) is 6. The highest BCUT2D eigenvalue weighted by atomic mass is 16.5. The molecule has 1 heterocycles. The predicted octanol–water partition coefficient (Wildman–Crippen LogP) is 0.0230. The molecule has 0 aliphatic rings. The third-order valence-electron chi connectivity index (χ3n) is 2.57. The van der Waals surface area contributed by atoms with Crippen molar-refractivity contribution in [2.45, 2.75) is 13.0 Å². The zero-order valence-electron chi connectivity index (χ0n) is 10.5. The van der Waals surface area contributed by atoms with Gasteiger partial charge in [0.05, 0.1) is 13.0 Å². The quantitative estimate of drug-likeness (QED) is 0.305. The van der Waals surface area contributed by atoms with Crippen molar-refractivity contribution in [3.8, 4) is 0 Å². The highest BCUT2D eigenvalue weighted by Gasteiger charge is 2.06. The molecule has 2 aromatic rings. The van der Waals surface area contributed by atoms with Crippen LogP contribution in [0.5, 0.6) is 0 Å². The van der Waals surface area contributed by atoms with Gasteiger partial charge in [-0.25, -0.2) is 0 Å². The second-order valence-electron chi connectivity index (χ2n) is 3.98. The zero-order valence-corrected chi connectivity index (χ0v) is 10.5. The van der Waals surface area contributed by atoms with Gasteiger partial charge in [0, 0.05) is 5.56 Å². The van der Waals surface area contributed by atoms with Crippen molar-refractivity contribution in [2.75, 3.05) is 0 Å². The molecule has 0 spiro atoms. The number of aromatic nitrogens is 2. The molecule has 0 aliphatic carbocycles. The third kappa shape index (κ3) is 3.55. The van der Waals surface area contributed by atoms with Crippen molar-refractivity contribution in [2.24, 2.45) is 10.9 Å². The molecule has 8 nitrogen and oxygen atoms in total. The van der Waals surface area contributed by atoms with Crippen LogP contribution in [0.3, 0.4) is 0 Å². The number of oxime groups is 1. The van der Waals surface area contributed by atoms with Crippen molar-refractivity contribution < 1.29 is 14.5 Å². The van der Waals surface area contributed by atoms with E-state index in [-0.39, 0.29) is 24.7 Å². The Hall–Kier alpha value is -2.90. The first-order valence-electron chi connectivity index (χ1n) is 5.78. The van der Waals surface area contributed by atoms with Crippen LogP contribution in [0, 0.1) is 0 Å². The number of hydrogen-bond donors (Lipinski definition) is 3. The Kier molecular flexibility index (Phi) is 4.28. The third-order valence-corrected chi connectivity index (χ3v) is 2.57. The molecule has 1 amide bonds. The number of nitrogens with zero attached hydrogens (tertiary/aromatic N) is 3. The number of rotatable bonds is 5. The minimum atomic E-state index is -0.161. The first-order valence-corrected chi connectivity index (χ1v) is 5.78. The van der Waals surface area contributed by atoms with Gasteiger partial charge in [-0.15, -0.1) is 0 Å². The molecule has 1 aromatic heterocycles. The molecular weight excluding hydrogens is 262 g/mol. The largest absolute Gasteiger partial charge is 0.409 e. The smallest absolute Gasteiger partial charge is 0.224 e. The minimum Gasteiger partial charge on any atom is -0.409 e. The summed E-state index contributed by atoms with van der Waals surface area (Å²) in [5.74, 6) is 0.282. The lowest BCUT2D eigenvalue weighted by Crippen LogP contribution is -2.25. The summed E-state index contributed by atoms with van der Waals surface area (Å²) in [5, 5.41) is 17.7. The number of amidine groups is 1. The van der Waals surface area contributed by atoms with E-state index >= 15 is 0 Å². The van der Waals surface area contributed by atoms with Gasteiger partial charge in [-0.3, -0.25) is 4.79 Å². The SMILES string of the molecule is N/C(=N/O)c1ccc(CC(=O)NCc2ncon2)cc1. The summed E-state index contributed by atoms with van der Waals surface area (Å²) >= 11 is 0. The minimum absolute atomic E-state index is 0.0260. The summed E-state index contributed by atoms with van der Waals surface area (Å²) in [7, 11) is 0. The van der Waals surface area contributed by atoms with Crippen molar-refractivity contribution in [3.05, 3.63) is 47.6 Å². The normalized spacial score (nSPS) is 11.3. The fourth-order valence-electron chi connectivity index (χ4n) is 1.55. The summed E-state index contributed by atoms with van der Waals surface area (Å²) < 4.78 is 4.56. The van der Waals surface area contributed by atoms with E-state index in [1.54, 1.807) is 24.3 Å². The van der Waals surface area contributed by atoms with E-state index in [1.807, 2.05) is 0 Å². The molecule has 1 aromatic carbocycles. The first-order chi connectivity index (χ1) is 9.69. The summed E-state index contributed by atoms with van der Waals surface area (Å²) in [6.07, 6.45) is 1.42. The summed E-state index contributed by atoms with van der Waals surface area (Å²) in [4.78, 5) is 15.5. The topological polar surface area (TPSA) is 127 Å². The van der Waals surface area contributed by atoms with Crippen LogP contribution >= 0.6 is 0 Å². The molecule has 0 saturated carbocycles. The molecule has 20 heavy (non-hydrogen) atoms. The Labute approximate surface area is 114 Å². The molecular formula is C12H13N5O3. The number of nitrogens with one attached hydrogen (secondary N) is 1. The van der Waals surface area contributed by atoms with E-state index in [1.165, 1.54) is 6.39 Å². The van der Waals surface area contributed by atoms with Crippen molar-refractivity contribution >= 4 is 11.7 Å². The van der Waals surface area contributed by atoms with Gasteiger partial charge in [0.1, 0.15) is 0 Å². The van der Waals surface area contributed by atoms with E-state index < -0.39 is 0 Å². The number of nitrogens with two attached hydrogens (primary N) is 1. The molecule has 0 unspecified atom stereocenters.